The maximum atomic E-state index is 13.4. The van der Waals surface area contributed by atoms with Crippen LogP contribution in [0.15, 0.2) is 64.6 Å². The molecule has 0 aliphatic carbocycles. The number of anilines is 1. The first kappa shape index (κ1) is 25.2. The summed E-state index contributed by atoms with van der Waals surface area (Å²) in [5, 5.41) is 2.26. The van der Waals surface area contributed by atoms with E-state index in [1.54, 1.807) is 50.4 Å². The van der Waals surface area contributed by atoms with E-state index < -0.39 is 17.8 Å². The number of amides is 4. The summed E-state index contributed by atoms with van der Waals surface area (Å²) in [7, 11) is 1.54. The first-order valence-electron chi connectivity index (χ1n) is 11.2. The summed E-state index contributed by atoms with van der Waals surface area (Å²) in [6.45, 7) is 6.14. The van der Waals surface area contributed by atoms with Crippen LogP contribution in [0.4, 0.5) is 10.5 Å². The first-order valence-corrected chi connectivity index (χ1v) is 12.0. The van der Waals surface area contributed by atoms with Crippen molar-refractivity contribution >= 4 is 45.5 Å². The van der Waals surface area contributed by atoms with Gasteiger partial charge < -0.3 is 9.47 Å². The number of nitrogens with zero attached hydrogens (tertiary/aromatic N) is 1. The van der Waals surface area contributed by atoms with E-state index in [0.717, 1.165) is 20.5 Å². The number of carbonyl (C=O) groups is 3. The second-order valence-corrected chi connectivity index (χ2v) is 9.42. The van der Waals surface area contributed by atoms with Crippen LogP contribution in [0.3, 0.4) is 0 Å². The van der Waals surface area contributed by atoms with Crippen molar-refractivity contribution in [3.8, 4) is 11.5 Å². The Kier molecular flexibility index (Phi) is 7.26. The van der Waals surface area contributed by atoms with Crippen LogP contribution in [-0.4, -0.2) is 25.0 Å². The Balaban J connectivity index is 1.70. The van der Waals surface area contributed by atoms with Gasteiger partial charge in [0.2, 0.25) is 0 Å². The molecular weight excluding hydrogens is 524 g/mol. The summed E-state index contributed by atoms with van der Waals surface area (Å²) >= 11 is 3.38. The molecule has 0 aromatic heterocycles. The molecule has 1 N–H and O–H groups in total. The normalized spacial score (nSPS) is 14.8. The van der Waals surface area contributed by atoms with Crippen molar-refractivity contribution in [2.45, 2.75) is 27.4 Å². The summed E-state index contributed by atoms with van der Waals surface area (Å²) in [6, 6.07) is 15.5. The largest absolute Gasteiger partial charge is 0.497 e. The highest BCUT2D eigenvalue weighted by Crippen LogP contribution is 2.31. The maximum Gasteiger partial charge on any atom is 0.335 e. The van der Waals surface area contributed by atoms with Crippen LogP contribution in [0.2, 0.25) is 0 Å². The zero-order valence-corrected chi connectivity index (χ0v) is 21.9. The van der Waals surface area contributed by atoms with Gasteiger partial charge in [0.25, 0.3) is 11.8 Å². The van der Waals surface area contributed by atoms with Gasteiger partial charge in [-0.25, -0.2) is 9.69 Å². The number of barbiturate groups is 1. The number of imide groups is 2. The highest BCUT2D eigenvalue weighted by Gasteiger charge is 2.37. The number of carbonyl (C=O) groups excluding carboxylic acids is 3. The van der Waals surface area contributed by atoms with E-state index in [4.69, 9.17) is 9.47 Å². The number of ether oxygens (including phenoxy) is 2. The third kappa shape index (κ3) is 5.18. The zero-order chi connectivity index (χ0) is 26.0. The molecule has 0 radical (unpaired) electrons. The molecule has 1 aliphatic heterocycles. The van der Waals surface area contributed by atoms with Gasteiger partial charge in [-0.2, -0.15) is 0 Å². The Hall–Kier alpha value is -3.91. The number of urea groups is 1. The lowest BCUT2D eigenvalue weighted by Crippen LogP contribution is -2.54. The molecular formula is C28H25BrN2O5. The number of rotatable bonds is 6. The lowest BCUT2D eigenvalue weighted by atomic mass is 10.0. The third-order valence-electron chi connectivity index (χ3n) is 5.99. The second kappa shape index (κ2) is 10.4. The summed E-state index contributed by atoms with van der Waals surface area (Å²) < 4.78 is 12.2. The van der Waals surface area contributed by atoms with E-state index in [9.17, 15) is 14.4 Å². The number of aryl methyl sites for hydroxylation is 3. The monoisotopic (exact) mass is 548 g/mol. The zero-order valence-electron chi connectivity index (χ0n) is 20.3. The molecule has 1 aliphatic rings. The molecule has 8 heteroatoms. The molecule has 0 saturated carbocycles. The summed E-state index contributed by atoms with van der Waals surface area (Å²) in [5.41, 5.74) is 4.73. The van der Waals surface area contributed by atoms with E-state index in [1.807, 2.05) is 26.0 Å². The fourth-order valence-corrected chi connectivity index (χ4v) is 4.32. The fraction of sp³-hybridized carbons (Fsp3) is 0.179. The molecule has 1 fully saturated rings. The smallest absolute Gasteiger partial charge is 0.335 e. The predicted molar refractivity (Wildman–Crippen MR) is 141 cm³/mol. The molecule has 0 atom stereocenters. The van der Waals surface area contributed by atoms with Crippen molar-refractivity contribution in [2.24, 2.45) is 0 Å². The van der Waals surface area contributed by atoms with Gasteiger partial charge in [0.1, 0.15) is 23.7 Å². The summed E-state index contributed by atoms with van der Waals surface area (Å²) in [4.78, 5) is 39.6. The van der Waals surface area contributed by atoms with Crippen LogP contribution in [0, 0.1) is 20.8 Å². The average molecular weight is 549 g/mol. The van der Waals surface area contributed by atoms with Gasteiger partial charge in [-0.05, 0) is 79.4 Å². The summed E-state index contributed by atoms with van der Waals surface area (Å²) in [5.74, 6) is -0.491. The summed E-state index contributed by atoms with van der Waals surface area (Å²) in [6.07, 6.45) is 1.43. The Bertz CT molecular complexity index is 1410. The molecule has 3 aromatic carbocycles. The molecule has 0 unspecified atom stereocenters. The van der Waals surface area contributed by atoms with Gasteiger partial charge in [0, 0.05) is 16.1 Å². The van der Waals surface area contributed by atoms with Crippen molar-refractivity contribution in [3.63, 3.8) is 0 Å². The maximum absolute atomic E-state index is 13.4. The lowest BCUT2D eigenvalue weighted by molar-refractivity contribution is -0.122. The van der Waals surface area contributed by atoms with Crippen LogP contribution in [0.25, 0.3) is 6.08 Å². The quantitative estimate of drug-likeness (QED) is 0.318. The molecule has 0 bridgehead atoms. The predicted octanol–water partition coefficient (Wildman–Crippen LogP) is 5.63. The Labute approximate surface area is 217 Å². The molecule has 4 amide bonds. The minimum absolute atomic E-state index is 0.182. The van der Waals surface area contributed by atoms with Crippen molar-refractivity contribution in [1.29, 1.82) is 0 Å². The molecule has 36 heavy (non-hydrogen) atoms. The fourth-order valence-electron chi connectivity index (χ4n) is 3.84. The molecule has 1 heterocycles. The van der Waals surface area contributed by atoms with Crippen molar-refractivity contribution in [3.05, 3.63) is 92.5 Å². The van der Waals surface area contributed by atoms with Gasteiger partial charge in [0.05, 0.1) is 12.8 Å². The van der Waals surface area contributed by atoms with Crippen molar-refractivity contribution < 1.29 is 23.9 Å². The van der Waals surface area contributed by atoms with Gasteiger partial charge in [-0.15, -0.1) is 0 Å². The molecule has 0 spiro atoms. The van der Waals surface area contributed by atoms with Gasteiger partial charge in [0.15, 0.2) is 0 Å². The standard InChI is InChI=1S/C28H25BrN2O5/c1-16-5-6-19(11-17(16)2)15-36-25-14-22(35-4)9-7-20(25)13-23-26(32)30-28(34)31(27(23)33)24-10-8-21(29)12-18(24)3/h5-14H,15H2,1-4H3,(H,30,32,34)/b23-13-. The molecule has 3 aromatic rings. The van der Waals surface area contributed by atoms with Gasteiger partial charge in [-0.3, -0.25) is 14.9 Å². The SMILES string of the molecule is COc1ccc(/C=C2/C(=O)NC(=O)N(c3ccc(Br)cc3C)C2=O)c(OCc2ccc(C)c(C)c2)c1. The molecule has 1 saturated heterocycles. The molecule has 4 rings (SSSR count). The number of hydrogen-bond acceptors (Lipinski definition) is 5. The van der Waals surface area contributed by atoms with E-state index in [1.165, 1.54) is 11.6 Å². The van der Waals surface area contributed by atoms with Crippen molar-refractivity contribution in [1.82, 2.24) is 5.32 Å². The minimum Gasteiger partial charge on any atom is -0.497 e. The highest BCUT2D eigenvalue weighted by atomic mass is 79.9. The number of benzene rings is 3. The number of hydrogen-bond donors (Lipinski definition) is 1. The second-order valence-electron chi connectivity index (χ2n) is 8.50. The Morgan fingerprint density at radius 2 is 1.69 bits per heavy atom. The van der Waals surface area contributed by atoms with E-state index in [2.05, 4.69) is 27.3 Å². The van der Waals surface area contributed by atoms with Crippen molar-refractivity contribution in [2.75, 3.05) is 12.0 Å². The lowest BCUT2D eigenvalue weighted by Gasteiger charge is -2.27. The first-order chi connectivity index (χ1) is 17.2. The van der Waals surface area contributed by atoms with Crippen LogP contribution in [0.1, 0.15) is 27.8 Å². The molecule has 184 valence electrons. The van der Waals surface area contributed by atoms with Crippen LogP contribution < -0.4 is 19.7 Å². The van der Waals surface area contributed by atoms with E-state index in [-0.39, 0.29) is 12.2 Å². The van der Waals surface area contributed by atoms with Crippen LogP contribution >= 0.6 is 15.9 Å². The van der Waals surface area contributed by atoms with E-state index >= 15 is 0 Å². The molecule has 7 nitrogen and oxygen atoms in total. The highest BCUT2D eigenvalue weighted by molar-refractivity contribution is 9.10. The Morgan fingerprint density at radius 1 is 0.917 bits per heavy atom. The Morgan fingerprint density at radius 3 is 2.39 bits per heavy atom. The number of nitrogens with one attached hydrogen (secondary N) is 1. The van der Waals surface area contributed by atoms with E-state index in [0.29, 0.717) is 28.3 Å². The number of methoxy groups -OCH3 is 1. The minimum atomic E-state index is -0.798. The average Bonchev–Trinajstić information content (AvgIpc) is 2.84. The third-order valence-corrected chi connectivity index (χ3v) is 6.48. The van der Waals surface area contributed by atoms with Gasteiger partial charge in [-0.1, -0.05) is 34.1 Å². The van der Waals surface area contributed by atoms with Crippen LogP contribution in [0.5, 0.6) is 11.5 Å². The van der Waals surface area contributed by atoms with Gasteiger partial charge >= 0.3 is 6.03 Å². The topological polar surface area (TPSA) is 84.9 Å². The number of halogens is 1. The van der Waals surface area contributed by atoms with Crippen LogP contribution in [-0.2, 0) is 16.2 Å².